The Labute approximate surface area is 307 Å². The van der Waals surface area contributed by atoms with Crippen LogP contribution in [-0.2, 0) is 23.0 Å². The highest BCUT2D eigenvalue weighted by Crippen LogP contribution is 2.42. The SMILES string of the molecule is CCCCN(CCCC)C(=O)c1ncn2c(O)c(N3CCc4ccccc4C3)c3cc(C(=O)NS(=O)(=O)c4ccc5cccc(Cl)c5c4)ccc3c12. The first-order chi connectivity index (χ1) is 25.1. The van der Waals surface area contributed by atoms with E-state index >= 15 is 0 Å². The lowest BCUT2D eigenvalue weighted by Gasteiger charge is -2.32. The highest BCUT2D eigenvalue weighted by Gasteiger charge is 2.29. The number of hydrogen-bond donors (Lipinski definition) is 2. The Morgan fingerprint density at radius 3 is 2.40 bits per heavy atom. The van der Waals surface area contributed by atoms with Crippen LogP contribution in [0.5, 0.6) is 5.88 Å². The summed E-state index contributed by atoms with van der Waals surface area (Å²) < 4.78 is 30.8. The molecule has 52 heavy (non-hydrogen) atoms. The number of hydrogen-bond acceptors (Lipinski definition) is 7. The van der Waals surface area contributed by atoms with E-state index in [0.717, 1.165) is 43.1 Å². The molecule has 0 radical (unpaired) electrons. The van der Waals surface area contributed by atoms with Crippen molar-refractivity contribution in [3.63, 3.8) is 0 Å². The van der Waals surface area contributed by atoms with Gasteiger partial charge < -0.3 is 14.9 Å². The van der Waals surface area contributed by atoms with Gasteiger partial charge in [0.2, 0.25) is 5.88 Å². The summed E-state index contributed by atoms with van der Waals surface area (Å²) in [5.41, 5.74) is 3.49. The molecule has 0 bridgehead atoms. The Morgan fingerprint density at radius 2 is 1.65 bits per heavy atom. The maximum Gasteiger partial charge on any atom is 0.274 e. The van der Waals surface area contributed by atoms with Gasteiger partial charge in [0.15, 0.2) is 5.69 Å². The summed E-state index contributed by atoms with van der Waals surface area (Å²) in [6.07, 6.45) is 5.77. The molecule has 0 saturated heterocycles. The van der Waals surface area contributed by atoms with Gasteiger partial charge >= 0.3 is 0 Å². The molecule has 3 heterocycles. The van der Waals surface area contributed by atoms with Gasteiger partial charge in [0.25, 0.3) is 21.8 Å². The number of nitrogens with one attached hydrogen (secondary N) is 1. The molecule has 0 aliphatic carbocycles. The Bertz CT molecular complexity index is 2450. The second-order valence-corrected chi connectivity index (χ2v) is 15.3. The van der Waals surface area contributed by atoms with Crippen LogP contribution in [0.25, 0.3) is 27.1 Å². The fourth-order valence-corrected chi connectivity index (χ4v) is 8.26. The fourth-order valence-electron chi connectivity index (χ4n) is 7.03. The van der Waals surface area contributed by atoms with Crippen LogP contribution >= 0.6 is 11.6 Å². The number of amides is 2. The number of anilines is 1. The predicted octanol–water partition coefficient (Wildman–Crippen LogP) is 7.72. The molecule has 0 fully saturated rings. The number of benzene rings is 4. The molecule has 1 aliphatic rings. The van der Waals surface area contributed by atoms with Gasteiger partial charge in [-0.1, -0.05) is 86.8 Å². The minimum absolute atomic E-state index is 0.0669. The van der Waals surface area contributed by atoms with E-state index in [1.165, 1.54) is 34.5 Å². The van der Waals surface area contributed by atoms with Crippen LogP contribution in [0.2, 0.25) is 5.02 Å². The van der Waals surface area contributed by atoms with Gasteiger partial charge in [-0.3, -0.25) is 14.0 Å². The standard InChI is InChI=1S/C40H40ClN5O5S/c1-3-5-19-44(20-6-4-2)39(48)35-36-31-17-15-28(38(47)43-52(50,51)30-16-14-27-12-9-13-34(41)32(27)23-30)22-33(31)37(40(49)46(36)25-42-35)45-21-18-26-10-7-8-11-29(26)24-45/h7-17,22-23,25,49H,3-6,18-21,24H2,1-2H3,(H,43,47). The minimum atomic E-state index is -4.29. The Kier molecular flexibility index (Phi) is 9.82. The van der Waals surface area contributed by atoms with Crippen LogP contribution < -0.4 is 9.62 Å². The van der Waals surface area contributed by atoms with E-state index in [0.29, 0.717) is 58.6 Å². The van der Waals surface area contributed by atoms with Crippen molar-refractivity contribution in [2.24, 2.45) is 0 Å². The molecule has 10 nitrogen and oxygen atoms in total. The second-order valence-electron chi connectivity index (χ2n) is 13.2. The summed E-state index contributed by atoms with van der Waals surface area (Å²) >= 11 is 6.35. The third kappa shape index (κ3) is 6.54. The van der Waals surface area contributed by atoms with E-state index in [2.05, 4.69) is 35.7 Å². The Balaban J connectivity index is 1.34. The van der Waals surface area contributed by atoms with Crippen molar-refractivity contribution >= 4 is 66.2 Å². The van der Waals surface area contributed by atoms with Gasteiger partial charge in [0, 0.05) is 52.9 Å². The predicted molar refractivity (Wildman–Crippen MR) is 205 cm³/mol. The number of aromatic nitrogens is 2. The summed E-state index contributed by atoms with van der Waals surface area (Å²) in [5, 5.41) is 14.8. The molecular weight excluding hydrogens is 698 g/mol. The average Bonchev–Trinajstić information content (AvgIpc) is 3.60. The smallest absolute Gasteiger partial charge is 0.274 e. The summed E-state index contributed by atoms with van der Waals surface area (Å²) in [6, 6.07) is 22.7. The van der Waals surface area contributed by atoms with E-state index in [-0.39, 0.29) is 27.9 Å². The molecule has 1 aliphatic heterocycles. The number of carbonyl (C=O) groups excluding carboxylic acids is 2. The van der Waals surface area contributed by atoms with Gasteiger partial charge in [-0.05, 0) is 66.1 Å². The molecule has 7 rings (SSSR count). The Morgan fingerprint density at radius 1 is 0.904 bits per heavy atom. The number of sulfonamides is 1. The number of fused-ring (bicyclic) bond motifs is 5. The summed E-state index contributed by atoms with van der Waals surface area (Å²) in [4.78, 5) is 36.2. The molecule has 2 N–H and O–H groups in total. The fraction of sp³-hybridized carbons (Fsp3) is 0.275. The number of imidazole rings is 1. The van der Waals surface area contributed by atoms with Crippen molar-refractivity contribution in [3.8, 4) is 5.88 Å². The van der Waals surface area contributed by atoms with Crippen LogP contribution in [0.15, 0.2) is 90.1 Å². The van der Waals surface area contributed by atoms with Gasteiger partial charge in [-0.2, -0.15) is 0 Å². The van der Waals surface area contributed by atoms with Crippen molar-refractivity contribution in [2.45, 2.75) is 57.4 Å². The topological polar surface area (TPSA) is 124 Å². The first-order valence-corrected chi connectivity index (χ1v) is 19.5. The molecule has 0 atom stereocenters. The zero-order chi connectivity index (χ0) is 36.6. The average molecular weight is 738 g/mol. The molecule has 0 saturated carbocycles. The molecule has 0 unspecified atom stereocenters. The lowest BCUT2D eigenvalue weighted by atomic mass is 9.98. The normalized spacial score (nSPS) is 13.1. The molecule has 2 aromatic heterocycles. The molecule has 268 valence electrons. The summed E-state index contributed by atoms with van der Waals surface area (Å²) in [5.74, 6) is -1.20. The summed E-state index contributed by atoms with van der Waals surface area (Å²) in [6.45, 7) is 6.43. The molecule has 12 heteroatoms. The largest absolute Gasteiger partial charge is 0.493 e. The van der Waals surface area contributed by atoms with E-state index in [4.69, 9.17) is 11.6 Å². The number of rotatable bonds is 11. The number of pyridine rings is 1. The third-order valence-electron chi connectivity index (χ3n) is 9.84. The van der Waals surface area contributed by atoms with Gasteiger partial charge in [0.05, 0.1) is 10.4 Å². The number of aromatic hydroxyl groups is 1. The molecule has 6 aromatic rings. The van der Waals surface area contributed by atoms with Crippen LogP contribution in [0.4, 0.5) is 5.69 Å². The number of carbonyl (C=O) groups is 2. The van der Waals surface area contributed by atoms with E-state index in [1.54, 1.807) is 30.3 Å². The minimum Gasteiger partial charge on any atom is -0.493 e. The first kappa shape index (κ1) is 35.3. The maximum absolute atomic E-state index is 14.1. The molecular formula is C40H40ClN5O5S. The Hall–Kier alpha value is -5.13. The monoisotopic (exact) mass is 737 g/mol. The lowest BCUT2D eigenvalue weighted by molar-refractivity contribution is 0.0747. The van der Waals surface area contributed by atoms with Crippen molar-refractivity contribution in [1.29, 1.82) is 0 Å². The molecule has 2 amide bonds. The van der Waals surface area contributed by atoms with Crippen molar-refractivity contribution < 1.29 is 23.1 Å². The van der Waals surface area contributed by atoms with Crippen molar-refractivity contribution in [1.82, 2.24) is 19.0 Å². The first-order valence-electron chi connectivity index (χ1n) is 17.6. The number of halogens is 1. The summed E-state index contributed by atoms with van der Waals surface area (Å²) in [7, 11) is -4.29. The lowest BCUT2D eigenvalue weighted by Crippen LogP contribution is -2.33. The highest BCUT2D eigenvalue weighted by atomic mass is 35.5. The third-order valence-corrected chi connectivity index (χ3v) is 11.5. The van der Waals surface area contributed by atoms with E-state index in [1.807, 2.05) is 28.0 Å². The van der Waals surface area contributed by atoms with E-state index < -0.39 is 15.9 Å². The maximum atomic E-state index is 14.1. The van der Waals surface area contributed by atoms with Gasteiger partial charge in [-0.15, -0.1) is 0 Å². The number of unbranched alkanes of at least 4 members (excludes halogenated alkanes) is 2. The quantitative estimate of drug-likeness (QED) is 0.140. The zero-order valence-corrected chi connectivity index (χ0v) is 30.7. The van der Waals surface area contributed by atoms with Crippen molar-refractivity contribution in [2.75, 3.05) is 24.5 Å². The van der Waals surface area contributed by atoms with Crippen LogP contribution in [0.1, 0.15) is 71.5 Å². The number of nitrogens with zero attached hydrogens (tertiary/aromatic N) is 4. The van der Waals surface area contributed by atoms with E-state index in [9.17, 15) is 23.1 Å². The van der Waals surface area contributed by atoms with Crippen molar-refractivity contribution in [3.05, 3.63) is 113 Å². The van der Waals surface area contributed by atoms with Crippen LogP contribution in [-0.4, -0.2) is 59.3 Å². The van der Waals surface area contributed by atoms with Crippen LogP contribution in [0, 0.1) is 0 Å². The van der Waals surface area contributed by atoms with Crippen LogP contribution in [0.3, 0.4) is 0 Å². The van der Waals surface area contributed by atoms with Gasteiger partial charge in [0.1, 0.15) is 12.0 Å². The molecule has 0 spiro atoms. The second kappa shape index (κ2) is 14.5. The highest BCUT2D eigenvalue weighted by molar-refractivity contribution is 7.90. The molecule has 4 aromatic carbocycles. The van der Waals surface area contributed by atoms with Gasteiger partial charge in [-0.25, -0.2) is 18.1 Å². The zero-order valence-electron chi connectivity index (χ0n) is 29.1.